The lowest BCUT2D eigenvalue weighted by Gasteiger charge is -2.44. The van der Waals surface area contributed by atoms with Crippen LogP contribution in [0.3, 0.4) is 0 Å². The van der Waals surface area contributed by atoms with Crippen LogP contribution in [0.15, 0.2) is 0 Å². The van der Waals surface area contributed by atoms with Gasteiger partial charge in [0.05, 0.1) is 6.04 Å². The monoisotopic (exact) mass is 471 g/mol. The van der Waals surface area contributed by atoms with E-state index < -0.39 is 12.5 Å². The van der Waals surface area contributed by atoms with Gasteiger partial charge in [-0.25, -0.2) is 0 Å². The second kappa shape index (κ2) is 12.7. The van der Waals surface area contributed by atoms with Crippen molar-refractivity contribution in [1.29, 1.82) is 0 Å². The van der Waals surface area contributed by atoms with Gasteiger partial charge >= 0.3 is 0 Å². The molecule has 1 heterocycles. The van der Waals surface area contributed by atoms with Crippen LogP contribution in [0.25, 0.3) is 0 Å². The van der Waals surface area contributed by atoms with Gasteiger partial charge in [-0.3, -0.25) is 10.2 Å². The number of rotatable bonds is 9. The van der Waals surface area contributed by atoms with Crippen molar-refractivity contribution >= 4 is 11.6 Å². The van der Waals surface area contributed by atoms with Crippen LogP contribution in [-0.2, 0) is 0 Å². The zero-order valence-electron chi connectivity index (χ0n) is 21.0. The first-order valence-corrected chi connectivity index (χ1v) is 14.0. The Morgan fingerprint density at radius 1 is 0.938 bits per heavy atom. The first kappa shape index (κ1) is 26.7. The van der Waals surface area contributed by atoms with Gasteiger partial charge in [-0.2, -0.15) is 0 Å². The molecule has 0 aromatic carbocycles. The zero-order chi connectivity index (χ0) is 23.3. The lowest BCUT2D eigenvalue weighted by molar-refractivity contribution is -0.0768. The van der Waals surface area contributed by atoms with Gasteiger partial charge < -0.3 is 15.5 Å². The van der Waals surface area contributed by atoms with E-state index in [1.165, 1.54) is 38.5 Å². The van der Waals surface area contributed by atoms with Crippen molar-refractivity contribution in [2.24, 2.45) is 29.6 Å². The molecule has 6 atom stereocenters. The highest BCUT2D eigenvalue weighted by Crippen LogP contribution is 2.38. The quantitative estimate of drug-likeness (QED) is 0.300. The molecule has 0 radical (unpaired) electrons. The number of aliphatic hydroxyl groups is 2. The second-order valence-electron chi connectivity index (χ2n) is 11.4. The fraction of sp³-hybridized carbons (Fsp3) is 1.00. The lowest BCUT2D eigenvalue weighted by atomic mass is 9.75. The number of nitrogens with one attached hydrogen (secondary N) is 2. The van der Waals surface area contributed by atoms with Crippen LogP contribution in [0.4, 0.5) is 0 Å². The molecule has 32 heavy (non-hydrogen) atoms. The molecule has 4 N–H and O–H groups in total. The average Bonchev–Trinajstić information content (AvgIpc) is 2.79. The van der Waals surface area contributed by atoms with E-state index >= 15 is 0 Å². The molecule has 5 nitrogen and oxygen atoms in total. The van der Waals surface area contributed by atoms with Gasteiger partial charge in [0, 0.05) is 24.5 Å². The summed E-state index contributed by atoms with van der Waals surface area (Å²) in [5.41, 5.74) is 0. The van der Waals surface area contributed by atoms with Crippen LogP contribution in [0.5, 0.6) is 0 Å². The highest BCUT2D eigenvalue weighted by Gasteiger charge is 2.37. The molecule has 0 aromatic heterocycles. The number of likely N-dealkylation sites (tertiary alicyclic amines) is 1. The molecular formula is C26H50ClN3O2. The lowest BCUT2D eigenvalue weighted by Crippen LogP contribution is -2.58. The molecule has 2 saturated carbocycles. The number of alkyl halides is 1. The van der Waals surface area contributed by atoms with Gasteiger partial charge in [-0.1, -0.05) is 27.7 Å². The predicted octanol–water partition coefficient (Wildman–Crippen LogP) is 4.16. The fourth-order valence-corrected chi connectivity index (χ4v) is 6.83. The normalized spacial score (nSPS) is 36.2. The van der Waals surface area contributed by atoms with Crippen molar-refractivity contribution in [1.82, 2.24) is 15.5 Å². The molecule has 0 amide bonds. The maximum absolute atomic E-state index is 11.3. The van der Waals surface area contributed by atoms with E-state index in [0.717, 1.165) is 50.7 Å². The number of halogens is 1. The summed E-state index contributed by atoms with van der Waals surface area (Å²) in [6, 6.07) is 0.357. The number of aliphatic hydroxyl groups excluding tert-OH is 2. The summed E-state index contributed by atoms with van der Waals surface area (Å²) in [5.74, 6) is 2.76. The zero-order valence-corrected chi connectivity index (χ0v) is 21.7. The number of nitrogens with zero attached hydrogens (tertiary/aromatic N) is 1. The van der Waals surface area contributed by atoms with Crippen LogP contribution < -0.4 is 10.6 Å². The van der Waals surface area contributed by atoms with Crippen LogP contribution in [0.1, 0.15) is 85.5 Å². The first-order valence-electron chi connectivity index (χ1n) is 13.5. The topological polar surface area (TPSA) is 67.8 Å². The van der Waals surface area contributed by atoms with Crippen LogP contribution in [0, 0.1) is 29.6 Å². The van der Waals surface area contributed by atoms with E-state index in [0.29, 0.717) is 17.3 Å². The first-order chi connectivity index (χ1) is 15.3. The van der Waals surface area contributed by atoms with Crippen LogP contribution in [0.2, 0.25) is 0 Å². The summed E-state index contributed by atoms with van der Waals surface area (Å²) in [5, 5.41) is 29.8. The molecule has 3 aliphatic rings. The molecule has 1 saturated heterocycles. The summed E-state index contributed by atoms with van der Waals surface area (Å²) in [7, 11) is 0. The SMILES string of the molecule is CCN[C@@H]1CC(C(O)N[C@H](C(C)C)C(O)N2CCC(C3CCC(Cl)CC3)CC2)CCC1C. The van der Waals surface area contributed by atoms with Crippen molar-refractivity contribution in [2.45, 2.75) is 115 Å². The highest BCUT2D eigenvalue weighted by molar-refractivity contribution is 6.20. The Morgan fingerprint density at radius 3 is 2.16 bits per heavy atom. The van der Waals surface area contributed by atoms with Gasteiger partial charge in [-0.15, -0.1) is 11.6 Å². The molecule has 3 fully saturated rings. The van der Waals surface area contributed by atoms with Crippen molar-refractivity contribution in [3.05, 3.63) is 0 Å². The van der Waals surface area contributed by atoms with E-state index in [1.54, 1.807) is 0 Å². The maximum Gasteiger partial charge on any atom is 0.123 e. The van der Waals surface area contributed by atoms with Crippen molar-refractivity contribution in [2.75, 3.05) is 19.6 Å². The Balaban J connectivity index is 1.50. The Kier molecular flexibility index (Phi) is 10.6. The molecular weight excluding hydrogens is 422 g/mol. The average molecular weight is 472 g/mol. The maximum atomic E-state index is 11.3. The molecule has 188 valence electrons. The van der Waals surface area contributed by atoms with Crippen molar-refractivity contribution < 1.29 is 10.2 Å². The van der Waals surface area contributed by atoms with E-state index in [2.05, 4.69) is 43.2 Å². The summed E-state index contributed by atoms with van der Waals surface area (Å²) in [6.07, 6.45) is 9.32. The minimum atomic E-state index is -0.561. The van der Waals surface area contributed by atoms with Gasteiger partial charge in [0.15, 0.2) is 0 Å². The summed E-state index contributed by atoms with van der Waals surface area (Å²) >= 11 is 6.31. The second-order valence-corrected chi connectivity index (χ2v) is 12.0. The van der Waals surface area contributed by atoms with Gasteiger partial charge in [0.2, 0.25) is 0 Å². The standard InChI is InChI=1S/C26H50ClN3O2/c1-5-28-23-16-21(7-6-18(23)4)25(31)29-24(17(2)3)26(32)30-14-12-20(13-15-30)19-8-10-22(27)11-9-19/h17-26,28-29,31-32H,5-16H2,1-4H3/t18?,19?,21?,22?,23-,24-,25?,26?/m1/s1. The third-order valence-electron chi connectivity index (χ3n) is 8.87. The van der Waals surface area contributed by atoms with E-state index in [4.69, 9.17) is 11.6 Å². The number of piperidine rings is 1. The van der Waals surface area contributed by atoms with E-state index in [1.807, 2.05) is 0 Å². The summed E-state index contributed by atoms with van der Waals surface area (Å²) < 4.78 is 0. The third kappa shape index (κ3) is 7.05. The molecule has 0 aromatic rings. The summed E-state index contributed by atoms with van der Waals surface area (Å²) in [6.45, 7) is 11.7. The Bertz CT molecular complexity index is 535. The fourth-order valence-electron chi connectivity index (χ4n) is 6.58. The number of hydrogen-bond donors (Lipinski definition) is 4. The minimum absolute atomic E-state index is 0.120. The van der Waals surface area contributed by atoms with Gasteiger partial charge in [-0.05, 0) is 93.9 Å². The molecule has 2 aliphatic carbocycles. The Labute approximate surface area is 202 Å². The Hall–Kier alpha value is 0.0900. The van der Waals surface area contributed by atoms with Gasteiger partial charge in [0.1, 0.15) is 12.5 Å². The van der Waals surface area contributed by atoms with Crippen LogP contribution >= 0.6 is 11.6 Å². The smallest absolute Gasteiger partial charge is 0.123 e. The summed E-state index contributed by atoms with van der Waals surface area (Å²) in [4.78, 5) is 2.25. The molecule has 1 aliphatic heterocycles. The molecule has 0 spiro atoms. The third-order valence-corrected chi connectivity index (χ3v) is 9.30. The van der Waals surface area contributed by atoms with E-state index in [-0.39, 0.29) is 17.9 Å². The molecule has 6 heteroatoms. The minimum Gasteiger partial charge on any atom is -0.378 e. The Morgan fingerprint density at radius 2 is 1.56 bits per heavy atom. The van der Waals surface area contributed by atoms with E-state index in [9.17, 15) is 10.2 Å². The number of hydrogen-bond acceptors (Lipinski definition) is 5. The van der Waals surface area contributed by atoms with Crippen molar-refractivity contribution in [3.8, 4) is 0 Å². The van der Waals surface area contributed by atoms with Crippen LogP contribution in [-0.4, -0.2) is 64.7 Å². The van der Waals surface area contributed by atoms with Gasteiger partial charge in [0.25, 0.3) is 0 Å². The molecule has 0 bridgehead atoms. The molecule has 4 unspecified atom stereocenters. The largest absolute Gasteiger partial charge is 0.378 e. The predicted molar refractivity (Wildman–Crippen MR) is 134 cm³/mol. The highest BCUT2D eigenvalue weighted by atomic mass is 35.5. The molecule has 3 rings (SSSR count). The van der Waals surface area contributed by atoms with Crippen molar-refractivity contribution in [3.63, 3.8) is 0 Å².